The lowest BCUT2D eigenvalue weighted by molar-refractivity contribution is -0.173. The first-order valence-electron chi connectivity index (χ1n) is 7.76. The van der Waals surface area contributed by atoms with Crippen LogP contribution in [0.4, 0.5) is 0 Å². The highest BCUT2D eigenvalue weighted by atomic mass is 16.5. The number of hydrogen-bond donors (Lipinski definition) is 0. The monoisotopic (exact) mass is 283 g/mol. The Morgan fingerprint density at radius 2 is 2.05 bits per heavy atom. The molecule has 20 heavy (non-hydrogen) atoms. The van der Waals surface area contributed by atoms with E-state index >= 15 is 0 Å². The summed E-state index contributed by atoms with van der Waals surface area (Å²) in [4.78, 5) is 14.0. The third-order valence-electron chi connectivity index (χ3n) is 4.98. The molecule has 2 saturated heterocycles. The molecule has 0 aromatic heterocycles. The maximum Gasteiger partial charge on any atom is 0.248 e. The zero-order valence-corrected chi connectivity index (χ0v) is 12.3. The van der Waals surface area contributed by atoms with Crippen LogP contribution in [0.25, 0.3) is 0 Å². The normalized spacial score (nSPS) is 29.1. The van der Waals surface area contributed by atoms with Crippen molar-refractivity contribution in [3.63, 3.8) is 0 Å². The van der Waals surface area contributed by atoms with E-state index < -0.39 is 0 Å². The van der Waals surface area contributed by atoms with Crippen LogP contribution < -0.4 is 0 Å². The van der Waals surface area contributed by atoms with Crippen molar-refractivity contribution in [1.82, 2.24) is 4.90 Å². The van der Waals surface area contributed by atoms with Crippen molar-refractivity contribution in [1.29, 1.82) is 0 Å². The van der Waals surface area contributed by atoms with E-state index in [1.54, 1.807) is 7.11 Å². The van der Waals surface area contributed by atoms with Gasteiger partial charge in [-0.3, -0.25) is 4.79 Å². The summed E-state index contributed by atoms with van der Waals surface area (Å²) in [7, 11) is 1.73. The van der Waals surface area contributed by atoms with E-state index in [9.17, 15) is 4.79 Å². The minimum Gasteiger partial charge on any atom is -0.384 e. The summed E-state index contributed by atoms with van der Waals surface area (Å²) in [6.45, 7) is 3.15. The predicted octanol–water partition coefficient (Wildman–Crippen LogP) is 1.21. The Labute approximate surface area is 120 Å². The smallest absolute Gasteiger partial charge is 0.248 e. The highest BCUT2D eigenvalue weighted by Crippen LogP contribution is 2.40. The van der Waals surface area contributed by atoms with Gasteiger partial charge >= 0.3 is 0 Å². The zero-order valence-electron chi connectivity index (χ0n) is 12.3. The van der Waals surface area contributed by atoms with E-state index in [-0.39, 0.29) is 18.1 Å². The number of likely N-dealkylation sites (tertiary alicyclic amines) is 1. The highest BCUT2D eigenvalue weighted by molar-refractivity contribution is 5.78. The van der Waals surface area contributed by atoms with Gasteiger partial charge in [0.05, 0.1) is 25.8 Å². The lowest BCUT2D eigenvalue weighted by Crippen LogP contribution is -2.67. The molecule has 1 spiro atoms. The number of rotatable bonds is 5. The van der Waals surface area contributed by atoms with Crippen molar-refractivity contribution >= 4 is 5.91 Å². The van der Waals surface area contributed by atoms with Crippen LogP contribution in [0.3, 0.4) is 0 Å². The summed E-state index contributed by atoms with van der Waals surface area (Å²) in [5.74, 6) is 0.529. The molecule has 3 fully saturated rings. The third-order valence-corrected chi connectivity index (χ3v) is 4.98. The largest absolute Gasteiger partial charge is 0.384 e. The van der Waals surface area contributed by atoms with Crippen LogP contribution in [0.1, 0.15) is 32.1 Å². The fourth-order valence-electron chi connectivity index (χ4n) is 3.68. The molecule has 2 heterocycles. The van der Waals surface area contributed by atoms with Crippen LogP contribution in [0, 0.1) is 5.92 Å². The highest BCUT2D eigenvalue weighted by Gasteiger charge is 2.54. The molecule has 0 aromatic rings. The topological polar surface area (TPSA) is 48.0 Å². The molecule has 1 aliphatic carbocycles. The zero-order chi connectivity index (χ0) is 14.0. The number of carbonyl (C=O) groups excluding carboxylic acids is 1. The van der Waals surface area contributed by atoms with E-state index in [4.69, 9.17) is 14.2 Å². The van der Waals surface area contributed by atoms with Crippen molar-refractivity contribution < 1.29 is 19.0 Å². The van der Waals surface area contributed by atoms with E-state index in [0.29, 0.717) is 25.1 Å². The van der Waals surface area contributed by atoms with Gasteiger partial charge in [0.1, 0.15) is 12.2 Å². The first-order valence-corrected chi connectivity index (χ1v) is 7.76. The number of methoxy groups -OCH3 is 1. The SMILES string of the molecule is COC[C@H]1CCOC12CN(C(=O)COC1CCCC1)C2. The van der Waals surface area contributed by atoms with Crippen LogP contribution in [-0.2, 0) is 19.0 Å². The number of carbonyl (C=O) groups is 1. The van der Waals surface area contributed by atoms with E-state index in [1.807, 2.05) is 4.90 Å². The molecule has 1 atom stereocenters. The molecule has 3 rings (SSSR count). The Balaban J connectivity index is 1.43. The summed E-state index contributed by atoms with van der Waals surface area (Å²) in [5, 5.41) is 0. The average molecular weight is 283 g/mol. The minimum absolute atomic E-state index is 0.106. The summed E-state index contributed by atoms with van der Waals surface area (Å²) in [6.07, 6.45) is 6.02. The Morgan fingerprint density at radius 1 is 1.30 bits per heavy atom. The number of nitrogens with zero attached hydrogens (tertiary/aromatic N) is 1. The summed E-state index contributed by atoms with van der Waals surface area (Å²) >= 11 is 0. The fourth-order valence-corrected chi connectivity index (χ4v) is 3.68. The Bertz CT molecular complexity index is 348. The van der Waals surface area contributed by atoms with Crippen LogP contribution >= 0.6 is 0 Å². The van der Waals surface area contributed by atoms with Crippen LogP contribution in [0.15, 0.2) is 0 Å². The van der Waals surface area contributed by atoms with Crippen LogP contribution in [0.5, 0.6) is 0 Å². The molecule has 1 saturated carbocycles. The fraction of sp³-hybridized carbons (Fsp3) is 0.933. The summed E-state index contributed by atoms with van der Waals surface area (Å²) in [5.41, 5.74) is -0.140. The van der Waals surface area contributed by atoms with Crippen LogP contribution in [-0.4, -0.2) is 62.5 Å². The molecule has 0 bridgehead atoms. The number of hydrogen-bond acceptors (Lipinski definition) is 4. The van der Waals surface area contributed by atoms with Gasteiger partial charge in [0.2, 0.25) is 5.91 Å². The number of amides is 1. The quantitative estimate of drug-likeness (QED) is 0.761. The Hall–Kier alpha value is -0.650. The molecule has 0 N–H and O–H groups in total. The van der Waals surface area contributed by atoms with Crippen molar-refractivity contribution in [2.24, 2.45) is 5.92 Å². The summed E-state index contributed by atoms with van der Waals surface area (Å²) < 4.78 is 16.8. The molecule has 0 unspecified atom stereocenters. The maximum absolute atomic E-state index is 12.1. The van der Waals surface area contributed by atoms with Crippen LogP contribution in [0.2, 0.25) is 0 Å². The number of ether oxygens (including phenoxy) is 3. The van der Waals surface area contributed by atoms with E-state index in [1.165, 1.54) is 12.8 Å². The second-order valence-corrected chi connectivity index (χ2v) is 6.32. The van der Waals surface area contributed by atoms with E-state index in [2.05, 4.69) is 0 Å². The first kappa shape index (κ1) is 14.3. The van der Waals surface area contributed by atoms with Gasteiger partial charge in [-0.05, 0) is 19.3 Å². The Morgan fingerprint density at radius 3 is 2.75 bits per heavy atom. The molecular weight excluding hydrogens is 258 g/mol. The van der Waals surface area contributed by atoms with Gasteiger partial charge < -0.3 is 19.1 Å². The van der Waals surface area contributed by atoms with Gasteiger partial charge in [0, 0.05) is 19.6 Å². The third kappa shape index (κ3) is 2.71. The molecule has 0 radical (unpaired) electrons. The van der Waals surface area contributed by atoms with Gasteiger partial charge in [-0.15, -0.1) is 0 Å². The van der Waals surface area contributed by atoms with Gasteiger partial charge in [0.25, 0.3) is 0 Å². The van der Waals surface area contributed by atoms with Gasteiger partial charge in [-0.1, -0.05) is 12.8 Å². The molecule has 5 heteroatoms. The molecular formula is C15H25NO4. The lowest BCUT2D eigenvalue weighted by Gasteiger charge is -2.50. The van der Waals surface area contributed by atoms with Gasteiger partial charge in [-0.2, -0.15) is 0 Å². The standard InChI is InChI=1S/C15H25NO4/c1-18-8-12-6-7-20-15(12)10-16(11-15)14(17)9-19-13-4-2-3-5-13/h12-13H,2-11H2,1H3/t12-/m1/s1. The molecule has 5 nitrogen and oxygen atoms in total. The van der Waals surface area contributed by atoms with Crippen molar-refractivity contribution in [3.05, 3.63) is 0 Å². The summed E-state index contributed by atoms with van der Waals surface area (Å²) in [6, 6.07) is 0. The van der Waals surface area contributed by atoms with E-state index in [0.717, 1.165) is 32.5 Å². The van der Waals surface area contributed by atoms with Gasteiger partial charge in [0.15, 0.2) is 0 Å². The molecule has 0 aromatic carbocycles. The molecule has 114 valence electrons. The molecule has 2 aliphatic heterocycles. The Kier molecular flexibility index (Phi) is 4.29. The van der Waals surface area contributed by atoms with Gasteiger partial charge in [-0.25, -0.2) is 0 Å². The average Bonchev–Trinajstić information content (AvgIpc) is 3.03. The lowest BCUT2D eigenvalue weighted by atomic mass is 9.81. The molecule has 1 amide bonds. The van der Waals surface area contributed by atoms with Crippen molar-refractivity contribution in [2.45, 2.75) is 43.8 Å². The van der Waals surface area contributed by atoms with Crippen molar-refractivity contribution in [2.75, 3.05) is 40.0 Å². The second-order valence-electron chi connectivity index (χ2n) is 6.32. The molecule has 3 aliphatic rings. The predicted molar refractivity (Wildman–Crippen MR) is 73.5 cm³/mol. The second kappa shape index (κ2) is 6.00. The minimum atomic E-state index is -0.140. The van der Waals surface area contributed by atoms with Crippen molar-refractivity contribution in [3.8, 4) is 0 Å². The maximum atomic E-state index is 12.1. The first-order chi connectivity index (χ1) is 9.73.